The van der Waals surface area contributed by atoms with Crippen molar-refractivity contribution in [1.29, 1.82) is 0 Å². The van der Waals surface area contributed by atoms with Crippen molar-refractivity contribution in [2.75, 3.05) is 13.6 Å². The SMILES string of the molecule is CN1C(=O)CC(NCCc2ccnn2C)C1=O. The highest BCUT2D eigenvalue weighted by Gasteiger charge is 2.35. The zero-order chi connectivity index (χ0) is 12.4. The number of rotatable bonds is 4. The lowest BCUT2D eigenvalue weighted by Crippen LogP contribution is -2.38. The number of carbonyl (C=O) groups is 2. The van der Waals surface area contributed by atoms with Gasteiger partial charge in [-0.2, -0.15) is 5.10 Å². The molecule has 0 radical (unpaired) electrons. The predicted molar refractivity (Wildman–Crippen MR) is 61.1 cm³/mol. The number of amides is 2. The minimum absolute atomic E-state index is 0.118. The van der Waals surface area contributed by atoms with Crippen molar-refractivity contribution in [3.8, 4) is 0 Å². The third kappa shape index (κ3) is 2.36. The Morgan fingerprint density at radius 1 is 1.47 bits per heavy atom. The summed E-state index contributed by atoms with van der Waals surface area (Å²) in [6, 6.07) is 1.58. The number of imide groups is 1. The lowest BCUT2D eigenvalue weighted by Gasteiger charge is -2.10. The molecule has 6 heteroatoms. The van der Waals surface area contributed by atoms with Gasteiger partial charge in [-0.3, -0.25) is 19.2 Å². The van der Waals surface area contributed by atoms with E-state index in [9.17, 15) is 9.59 Å². The molecule has 17 heavy (non-hydrogen) atoms. The summed E-state index contributed by atoms with van der Waals surface area (Å²) < 4.78 is 1.80. The summed E-state index contributed by atoms with van der Waals surface area (Å²) in [4.78, 5) is 24.1. The average Bonchev–Trinajstić information content (AvgIpc) is 2.80. The molecule has 1 aliphatic heterocycles. The van der Waals surface area contributed by atoms with E-state index in [2.05, 4.69) is 10.4 Å². The van der Waals surface area contributed by atoms with Crippen LogP contribution in [0.5, 0.6) is 0 Å². The Morgan fingerprint density at radius 3 is 2.76 bits per heavy atom. The lowest BCUT2D eigenvalue weighted by molar-refractivity contribution is -0.137. The van der Waals surface area contributed by atoms with Crippen LogP contribution < -0.4 is 5.32 Å². The Kier molecular flexibility index (Phi) is 3.23. The summed E-state index contributed by atoms with van der Waals surface area (Å²) in [6.07, 6.45) is 2.80. The average molecular weight is 236 g/mol. The van der Waals surface area contributed by atoms with Gasteiger partial charge < -0.3 is 5.32 Å². The van der Waals surface area contributed by atoms with Crippen LogP contribution in [0, 0.1) is 0 Å². The Bertz CT molecular complexity index is 440. The van der Waals surface area contributed by atoms with Crippen LogP contribution in [0.25, 0.3) is 0 Å². The number of nitrogens with zero attached hydrogens (tertiary/aromatic N) is 3. The predicted octanol–water partition coefficient (Wildman–Crippen LogP) is -0.690. The fourth-order valence-electron chi connectivity index (χ4n) is 1.94. The Hall–Kier alpha value is -1.69. The number of hydrogen-bond donors (Lipinski definition) is 1. The highest BCUT2D eigenvalue weighted by Crippen LogP contribution is 2.10. The summed E-state index contributed by atoms with van der Waals surface area (Å²) in [5.41, 5.74) is 1.10. The molecule has 1 aromatic heterocycles. The number of likely N-dealkylation sites (N-methyl/N-ethyl adjacent to an activating group) is 1. The van der Waals surface area contributed by atoms with Crippen LogP contribution >= 0.6 is 0 Å². The fourth-order valence-corrected chi connectivity index (χ4v) is 1.94. The van der Waals surface area contributed by atoms with Crippen LogP contribution in [0.4, 0.5) is 0 Å². The second-order valence-electron chi connectivity index (χ2n) is 4.20. The first kappa shape index (κ1) is 11.8. The van der Waals surface area contributed by atoms with Gasteiger partial charge in [-0.15, -0.1) is 0 Å². The summed E-state index contributed by atoms with van der Waals surface area (Å²) in [7, 11) is 3.40. The fraction of sp³-hybridized carbons (Fsp3) is 0.545. The summed E-state index contributed by atoms with van der Waals surface area (Å²) in [6.45, 7) is 0.664. The van der Waals surface area contributed by atoms with Gasteiger partial charge in [-0.25, -0.2) is 0 Å². The van der Waals surface area contributed by atoms with Gasteiger partial charge in [-0.1, -0.05) is 0 Å². The van der Waals surface area contributed by atoms with Gasteiger partial charge in [0.05, 0.1) is 12.5 Å². The maximum absolute atomic E-state index is 11.6. The first-order valence-corrected chi connectivity index (χ1v) is 5.60. The molecule has 2 amide bonds. The van der Waals surface area contributed by atoms with Gasteiger partial charge in [0.2, 0.25) is 11.8 Å². The van der Waals surface area contributed by atoms with Crippen molar-refractivity contribution in [1.82, 2.24) is 20.0 Å². The molecule has 1 unspecified atom stereocenters. The highest BCUT2D eigenvalue weighted by molar-refractivity contribution is 6.05. The monoisotopic (exact) mass is 236 g/mol. The molecule has 1 saturated heterocycles. The van der Waals surface area contributed by atoms with Crippen LogP contribution in [0.15, 0.2) is 12.3 Å². The van der Waals surface area contributed by atoms with Crippen molar-refractivity contribution in [3.05, 3.63) is 18.0 Å². The molecule has 92 valence electrons. The van der Waals surface area contributed by atoms with Crippen molar-refractivity contribution < 1.29 is 9.59 Å². The standard InChI is InChI=1S/C11H16N4O2/c1-14-10(16)7-9(11(14)17)12-5-3-8-4-6-13-15(8)2/h4,6,9,12H,3,5,7H2,1-2H3. The number of aryl methyl sites for hydroxylation is 1. The first-order chi connectivity index (χ1) is 8.09. The minimum atomic E-state index is -0.360. The van der Waals surface area contributed by atoms with E-state index in [-0.39, 0.29) is 24.3 Å². The molecule has 1 aromatic rings. The molecule has 1 aliphatic rings. The third-order valence-electron chi connectivity index (χ3n) is 3.08. The molecule has 6 nitrogen and oxygen atoms in total. The second-order valence-corrected chi connectivity index (χ2v) is 4.20. The van der Waals surface area contributed by atoms with Crippen LogP contribution in [-0.2, 0) is 23.1 Å². The molecule has 2 rings (SSSR count). The molecule has 0 saturated carbocycles. The van der Waals surface area contributed by atoms with Crippen molar-refractivity contribution >= 4 is 11.8 Å². The lowest BCUT2D eigenvalue weighted by atomic mass is 10.2. The molecule has 0 bridgehead atoms. The van der Waals surface area contributed by atoms with Gasteiger partial charge >= 0.3 is 0 Å². The number of aromatic nitrogens is 2. The number of nitrogens with one attached hydrogen (secondary N) is 1. The first-order valence-electron chi connectivity index (χ1n) is 5.60. The van der Waals surface area contributed by atoms with Gasteiger partial charge in [0, 0.05) is 39.0 Å². The number of likely N-dealkylation sites (tertiary alicyclic amines) is 1. The molecule has 0 aliphatic carbocycles. The Balaban J connectivity index is 1.82. The molecular formula is C11H16N4O2. The maximum Gasteiger partial charge on any atom is 0.246 e. The van der Waals surface area contributed by atoms with Gasteiger partial charge in [0.25, 0.3) is 0 Å². The van der Waals surface area contributed by atoms with Crippen LogP contribution in [0.3, 0.4) is 0 Å². The Morgan fingerprint density at radius 2 is 2.24 bits per heavy atom. The normalized spacial score (nSPS) is 20.4. The van der Waals surface area contributed by atoms with E-state index in [4.69, 9.17) is 0 Å². The van der Waals surface area contributed by atoms with E-state index < -0.39 is 0 Å². The second kappa shape index (κ2) is 4.67. The largest absolute Gasteiger partial charge is 0.305 e. The van der Waals surface area contributed by atoms with Crippen LogP contribution in [-0.4, -0.2) is 46.1 Å². The van der Waals surface area contributed by atoms with Gasteiger partial charge in [0.1, 0.15) is 0 Å². The van der Waals surface area contributed by atoms with E-state index in [0.29, 0.717) is 6.54 Å². The topological polar surface area (TPSA) is 67.2 Å². The molecule has 1 N–H and O–H groups in total. The summed E-state index contributed by atoms with van der Waals surface area (Å²) >= 11 is 0. The number of hydrogen-bond acceptors (Lipinski definition) is 4. The van der Waals surface area contributed by atoms with E-state index in [1.165, 1.54) is 11.9 Å². The van der Waals surface area contributed by atoms with Gasteiger partial charge in [-0.05, 0) is 6.07 Å². The maximum atomic E-state index is 11.6. The third-order valence-corrected chi connectivity index (χ3v) is 3.08. The summed E-state index contributed by atoms with van der Waals surface area (Å²) in [5, 5.41) is 7.17. The van der Waals surface area contributed by atoms with E-state index in [1.807, 2.05) is 13.1 Å². The van der Waals surface area contributed by atoms with Crippen molar-refractivity contribution in [3.63, 3.8) is 0 Å². The minimum Gasteiger partial charge on any atom is -0.305 e. The van der Waals surface area contributed by atoms with Gasteiger partial charge in [0.15, 0.2) is 0 Å². The number of carbonyl (C=O) groups excluding carboxylic acids is 2. The van der Waals surface area contributed by atoms with Crippen molar-refractivity contribution in [2.24, 2.45) is 7.05 Å². The smallest absolute Gasteiger partial charge is 0.246 e. The molecule has 0 aromatic carbocycles. The zero-order valence-electron chi connectivity index (χ0n) is 10.0. The molecule has 2 heterocycles. The van der Waals surface area contributed by atoms with Crippen LogP contribution in [0.2, 0.25) is 0 Å². The molecule has 1 atom stereocenters. The molecule has 1 fully saturated rings. The highest BCUT2D eigenvalue weighted by atomic mass is 16.2. The quantitative estimate of drug-likeness (QED) is 0.703. The van der Waals surface area contributed by atoms with Crippen molar-refractivity contribution in [2.45, 2.75) is 18.9 Å². The zero-order valence-corrected chi connectivity index (χ0v) is 10.0. The van der Waals surface area contributed by atoms with E-state index in [1.54, 1.807) is 10.9 Å². The Labute approximate surface area is 99.6 Å². The van der Waals surface area contributed by atoms with E-state index in [0.717, 1.165) is 12.1 Å². The summed E-state index contributed by atoms with van der Waals surface area (Å²) in [5.74, 6) is -0.256. The molecule has 0 spiro atoms. The van der Waals surface area contributed by atoms with Crippen LogP contribution in [0.1, 0.15) is 12.1 Å². The molecular weight excluding hydrogens is 220 g/mol. The van der Waals surface area contributed by atoms with E-state index >= 15 is 0 Å².